The maximum Gasteiger partial charge on any atom is 0.231 e. The van der Waals surface area contributed by atoms with Gasteiger partial charge in [0.25, 0.3) is 0 Å². The summed E-state index contributed by atoms with van der Waals surface area (Å²) in [5, 5.41) is 13.3. The zero-order valence-corrected chi connectivity index (χ0v) is 11.3. The van der Waals surface area contributed by atoms with Gasteiger partial charge in [-0.05, 0) is 24.6 Å². The summed E-state index contributed by atoms with van der Waals surface area (Å²) in [4.78, 5) is 11.3. The van der Waals surface area contributed by atoms with Crippen LogP contribution in [-0.4, -0.2) is 34.6 Å². The highest BCUT2D eigenvalue weighted by Crippen LogP contribution is 2.37. The third-order valence-electron chi connectivity index (χ3n) is 3.32. The van der Waals surface area contributed by atoms with Gasteiger partial charge in [0.15, 0.2) is 17.8 Å². The molecule has 0 amide bonds. The Labute approximate surface area is 120 Å². The third kappa shape index (κ3) is 2.31. The highest BCUT2D eigenvalue weighted by atomic mass is 16.7. The number of fused-ring (bicyclic) bond motifs is 1. The fourth-order valence-electron chi connectivity index (χ4n) is 2.25. The zero-order valence-electron chi connectivity index (χ0n) is 11.3. The Kier molecular flexibility index (Phi) is 3.49. The summed E-state index contributed by atoms with van der Waals surface area (Å²) in [6.45, 7) is 0.676. The summed E-state index contributed by atoms with van der Waals surface area (Å²) in [7, 11) is 0. The molecule has 0 bridgehead atoms. The van der Waals surface area contributed by atoms with Crippen molar-refractivity contribution < 1.29 is 19.4 Å². The van der Waals surface area contributed by atoms with Gasteiger partial charge in [0, 0.05) is 18.7 Å². The third-order valence-corrected chi connectivity index (χ3v) is 3.32. The van der Waals surface area contributed by atoms with Gasteiger partial charge in [0.1, 0.15) is 11.5 Å². The molecule has 110 valence electrons. The van der Waals surface area contributed by atoms with Gasteiger partial charge in [-0.1, -0.05) is 0 Å². The number of hydrogen-bond donors (Lipinski definition) is 2. The molecule has 2 aromatic rings. The van der Waals surface area contributed by atoms with Crippen molar-refractivity contribution in [3.05, 3.63) is 23.8 Å². The van der Waals surface area contributed by atoms with Crippen LogP contribution in [0.2, 0.25) is 0 Å². The molecule has 7 nitrogen and oxygen atoms in total. The number of nitrogen functional groups attached to an aromatic ring is 1. The van der Waals surface area contributed by atoms with Crippen molar-refractivity contribution in [3.63, 3.8) is 0 Å². The Morgan fingerprint density at radius 1 is 1.38 bits per heavy atom. The lowest BCUT2D eigenvalue weighted by Crippen LogP contribution is -2.06. The first kappa shape index (κ1) is 13.4. The standard InChI is InChI=1S/C14H15N3O4/c15-14-10(7-19)13(16-17(14)4-1-5-18)9-2-3-11-12(6-9)21-8-20-11/h2-3,6-7,18H,1,4-5,8,15H2. The van der Waals surface area contributed by atoms with E-state index in [1.54, 1.807) is 18.2 Å². The van der Waals surface area contributed by atoms with Gasteiger partial charge in [-0.15, -0.1) is 0 Å². The minimum absolute atomic E-state index is 0.0368. The molecule has 0 fully saturated rings. The van der Waals surface area contributed by atoms with Gasteiger partial charge < -0.3 is 20.3 Å². The number of aliphatic hydroxyl groups excluding tert-OH is 1. The second-order valence-electron chi connectivity index (χ2n) is 4.63. The van der Waals surface area contributed by atoms with Crippen LogP contribution in [0, 0.1) is 0 Å². The molecule has 0 saturated carbocycles. The Morgan fingerprint density at radius 2 is 2.19 bits per heavy atom. The van der Waals surface area contributed by atoms with E-state index in [0.717, 1.165) is 5.56 Å². The van der Waals surface area contributed by atoms with Gasteiger partial charge in [-0.3, -0.25) is 4.79 Å². The van der Waals surface area contributed by atoms with Gasteiger partial charge in [0.2, 0.25) is 6.79 Å². The summed E-state index contributed by atoms with van der Waals surface area (Å²) < 4.78 is 12.1. The number of ether oxygens (including phenoxy) is 2. The zero-order chi connectivity index (χ0) is 14.8. The predicted octanol–water partition coefficient (Wildman–Crippen LogP) is 1.06. The normalized spacial score (nSPS) is 12.6. The van der Waals surface area contributed by atoms with Crippen molar-refractivity contribution in [1.29, 1.82) is 0 Å². The number of nitrogens with zero attached hydrogens (tertiary/aromatic N) is 2. The van der Waals surface area contributed by atoms with E-state index in [0.29, 0.717) is 47.8 Å². The number of aliphatic hydroxyl groups is 1. The van der Waals surface area contributed by atoms with Gasteiger partial charge in [-0.2, -0.15) is 5.10 Å². The van der Waals surface area contributed by atoms with Crippen molar-refractivity contribution in [2.75, 3.05) is 19.1 Å². The molecule has 7 heteroatoms. The van der Waals surface area contributed by atoms with Gasteiger partial charge in [-0.25, -0.2) is 4.68 Å². The van der Waals surface area contributed by atoms with E-state index in [1.807, 2.05) is 0 Å². The number of hydrogen-bond acceptors (Lipinski definition) is 6. The van der Waals surface area contributed by atoms with E-state index < -0.39 is 0 Å². The number of carbonyl (C=O) groups excluding carboxylic acids is 1. The van der Waals surface area contributed by atoms with E-state index in [-0.39, 0.29) is 13.4 Å². The first-order chi connectivity index (χ1) is 10.2. The average Bonchev–Trinajstić information content (AvgIpc) is 3.08. The minimum atomic E-state index is 0.0368. The molecule has 0 saturated heterocycles. The molecule has 1 aliphatic heterocycles. The number of nitrogens with two attached hydrogens (primary N) is 1. The van der Waals surface area contributed by atoms with Gasteiger partial charge in [0.05, 0.1) is 5.56 Å². The summed E-state index contributed by atoms with van der Waals surface area (Å²) in [5.41, 5.74) is 7.51. The maximum atomic E-state index is 11.3. The molecule has 0 spiro atoms. The van der Waals surface area contributed by atoms with Crippen LogP contribution in [0.4, 0.5) is 5.82 Å². The average molecular weight is 289 g/mol. The van der Waals surface area contributed by atoms with Crippen LogP contribution in [0.3, 0.4) is 0 Å². The summed E-state index contributed by atoms with van der Waals surface area (Å²) in [5.74, 6) is 1.58. The number of aromatic nitrogens is 2. The van der Waals surface area contributed by atoms with Crippen LogP contribution in [0.1, 0.15) is 16.8 Å². The van der Waals surface area contributed by atoms with Crippen LogP contribution in [0.25, 0.3) is 11.3 Å². The molecule has 21 heavy (non-hydrogen) atoms. The Bertz CT molecular complexity index is 681. The summed E-state index contributed by atoms with van der Waals surface area (Å²) in [6, 6.07) is 5.35. The molecule has 2 heterocycles. The Balaban J connectivity index is 2.03. The summed E-state index contributed by atoms with van der Waals surface area (Å²) in [6.07, 6.45) is 1.21. The second kappa shape index (κ2) is 5.45. The molecule has 0 unspecified atom stereocenters. The van der Waals surface area contributed by atoms with Crippen LogP contribution in [0.5, 0.6) is 11.5 Å². The van der Waals surface area contributed by atoms with Crippen molar-refractivity contribution in [3.8, 4) is 22.8 Å². The largest absolute Gasteiger partial charge is 0.454 e. The first-order valence-corrected chi connectivity index (χ1v) is 6.57. The lowest BCUT2D eigenvalue weighted by Gasteiger charge is -2.01. The molecule has 3 rings (SSSR count). The van der Waals surface area contributed by atoms with Crippen molar-refractivity contribution in [2.24, 2.45) is 0 Å². The smallest absolute Gasteiger partial charge is 0.231 e. The van der Waals surface area contributed by atoms with E-state index in [4.69, 9.17) is 20.3 Å². The fourth-order valence-corrected chi connectivity index (χ4v) is 2.25. The molecule has 0 radical (unpaired) electrons. The van der Waals surface area contributed by atoms with Crippen LogP contribution in [0.15, 0.2) is 18.2 Å². The lowest BCUT2D eigenvalue weighted by molar-refractivity contribution is 0.112. The number of benzene rings is 1. The predicted molar refractivity (Wildman–Crippen MR) is 75.3 cm³/mol. The van der Waals surface area contributed by atoms with E-state index in [9.17, 15) is 4.79 Å². The molecule has 1 aromatic carbocycles. The highest BCUT2D eigenvalue weighted by molar-refractivity contribution is 5.91. The second-order valence-corrected chi connectivity index (χ2v) is 4.63. The van der Waals surface area contributed by atoms with Crippen molar-refractivity contribution in [2.45, 2.75) is 13.0 Å². The molecule has 1 aromatic heterocycles. The number of carbonyl (C=O) groups is 1. The topological polar surface area (TPSA) is 99.6 Å². The minimum Gasteiger partial charge on any atom is -0.454 e. The van der Waals surface area contributed by atoms with Crippen LogP contribution < -0.4 is 15.2 Å². The summed E-state index contributed by atoms with van der Waals surface area (Å²) >= 11 is 0. The van der Waals surface area contributed by atoms with Crippen molar-refractivity contribution >= 4 is 12.1 Å². The first-order valence-electron chi connectivity index (χ1n) is 6.57. The molecule has 1 aliphatic rings. The van der Waals surface area contributed by atoms with E-state index in [1.165, 1.54) is 4.68 Å². The van der Waals surface area contributed by atoms with Crippen LogP contribution in [-0.2, 0) is 6.54 Å². The molecule has 0 atom stereocenters. The lowest BCUT2D eigenvalue weighted by atomic mass is 10.1. The quantitative estimate of drug-likeness (QED) is 0.798. The number of anilines is 1. The van der Waals surface area contributed by atoms with Crippen molar-refractivity contribution in [1.82, 2.24) is 9.78 Å². The monoisotopic (exact) mass is 289 g/mol. The Morgan fingerprint density at radius 3 is 2.95 bits per heavy atom. The van der Waals surface area contributed by atoms with E-state index in [2.05, 4.69) is 5.10 Å². The molecular weight excluding hydrogens is 274 g/mol. The number of rotatable bonds is 5. The van der Waals surface area contributed by atoms with Gasteiger partial charge >= 0.3 is 0 Å². The number of aldehydes is 1. The molecule has 3 N–H and O–H groups in total. The van der Waals surface area contributed by atoms with E-state index >= 15 is 0 Å². The molecule has 0 aliphatic carbocycles. The van der Waals surface area contributed by atoms with Crippen LogP contribution >= 0.6 is 0 Å². The fraction of sp³-hybridized carbons (Fsp3) is 0.286. The Hall–Kier alpha value is -2.54. The number of aryl methyl sites for hydroxylation is 1. The SMILES string of the molecule is Nc1c(C=O)c(-c2ccc3c(c2)OCO3)nn1CCCO. The molecular formula is C14H15N3O4. The highest BCUT2D eigenvalue weighted by Gasteiger charge is 2.20. The maximum absolute atomic E-state index is 11.3.